The number of alkyl halides is 3. The van der Waals surface area contributed by atoms with Crippen molar-refractivity contribution in [2.75, 3.05) is 23.1 Å². The molecule has 2 aromatic heterocycles. The molecule has 0 aliphatic heterocycles. The van der Waals surface area contributed by atoms with Crippen molar-refractivity contribution in [3.8, 4) is 23.1 Å². The maximum Gasteiger partial charge on any atom is 0.418 e. The largest absolute Gasteiger partial charge is 0.497 e. The number of anilines is 4. The van der Waals surface area contributed by atoms with Crippen LogP contribution in [0.5, 0.6) is 17.4 Å². The number of carbonyl (C=O) groups is 1. The number of hydrogen-bond acceptors (Lipinski definition) is 7. The van der Waals surface area contributed by atoms with Crippen LogP contribution in [0.4, 0.5) is 40.8 Å². The maximum absolute atomic E-state index is 13.8. The van der Waals surface area contributed by atoms with Gasteiger partial charge in [0.25, 0.3) is 0 Å². The molecule has 0 bridgehead atoms. The minimum Gasteiger partial charge on any atom is -0.497 e. The van der Waals surface area contributed by atoms with E-state index in [1.807, 2.05) is 24.3 Å². The van der Waals surface area contributed by atoms with Gasteiger partial charge in [0.1, 0.15) is 29.5 Å². The van der Waals surface area contributed by atoms with Crippen LogP contribution in [0.15, 0.2) is 91.5 Å². The molecule has 42 heavy (non-hydrogen) atoms. The Balaban J connectivity index is 1.21. The SMILES string of the molecule is COc1ccc(Nc2cc(Oc3ccc(NC(=O)Nc4ccc(-n5ccnc5C)c(C(F)(F)F)c4)cc3)ncn2)cc1. The van der Waals surface area contributed by atoms with Crippen LogP contribution in [0.2, 0.25) is 0 Å². The molecular weight excluding hydrogens is 551 g/mol. The smallest absolute Gasteiger partial charge is 0.418 e. The Morgan fingerprint density at radius 1 is 0.833 bits per heavy atom. The number of ether oxygens (including phenoxy) is 2. The van der Waals surface area contributed by atoms with Crippen LogP contribution in [0, 0.1) is 6.92 Å². The normalized spacial score (nSPS) is 11.1. The van der Waals surface area contributed by atoms with Gasteiger partial charge in [0.2, 0.25) is 5.88 Å². The summed E-state index contributed by atoms with van der Waals surface area (Å²) in [5, 5.41) is 8.18. The van der Waals surface area contributed by atoms with Crippen molar-refractivity contribution in [3.63, 3.8) is 0 Å². The molecule has 214 valence electrons. The summed E-state index contributed by atoms with van der Waals surface area (Å²) >= 11 is 0. The van der Waals surface area contributed by atoms with E-state index in [1.54, 1.807) is 44.4 Å². The lowest BCUT2D eigenvalue weighted by Crippen LogP contribution is -2.20. The van der Waals surface area contributed by atoms with E-state index in [1.165, 1.54) is 35.4 Å². The third-order valence-electron chi connectivity index (χ3n) is 5.98. The predicted molar refractivity (Wildman–Crippen MR) is 151 cm³/mol. The second kappa shape index (κ2) is 11.9. The summed E-state index contributed by atoms with van der Waals surface area (Å²) in [5.41, 5.74) is 0.171. The van der Waals surface area contributed by atoms with Gasteiger partial charge < -0.3 is 30.0 Å². The molecule has 5 rings (SSSR count). The highest BCUT2D eigenvalue weighted by molar-refractivity contribution is 5.99. The van der Waals surface area contributed by atoms with Gasteiger partial charge in [-0.05, 0) is 73.7 Å². The lowest BCUT2D eigenvalue weighted by atomic mass is 10.1. The van der Waals surface area contributed by atoms with E-state index in [9.17, 15) is 18.0 Å². The molecule has 13 heteroatoms. The van der Waals surface area contributed by atoms with E-state index in [-0.39, 0.29) is 17.3 Å². The van der Waals surface area contributed by atoms with Crippen molar-refractivity contribution >= 4 is 28.9 Å². The Kier molecular flexibility index (Phi) is 7.91. The van der Waals surface area contributed by atoms with Crippen molar-refractivity contribution < 1.29 is 27.4 Å². The van der Waals surface area contributed by atoms with E-state index in [0.717, 1.165) is 17.5 Å². The van der Waals surface area contributed by atoms with Gasteiger partial charge in [-0.25, -0.2) is 19.7 Å². The van der Waals surface area contributed by atoms with E-state index >= 15 is 0 Å². The van der Waals surface area contributed by atoms with E-state index in [2.05, 4.69) is 30.9 Å². The van der Waals surface area contributed by atoms with Gasteiger partial charge in [0.15, 0.2) is 0 Å². The monoisotopic (exact) mass is 575 g/mol. The molecule has 10 nitrogen and oxygen atoms in total. The predicted octanol–water partition coefficient (Wildman–Crippen LogP) is 7.18. The first-order chi connectivity index (χ1) is 20.2. The molecule has 2 heterocycles. The van der Waals surface area contributed by atoms with E-state index < -0.39 is 17.8 Å². The quantitative estimate of drug-likeness (QED) is 0.180. The van der Waals surface area contributed by atoms with Crippen LogP contribution >= 0.6 is 0 Å². The van der Waals surface area contributed by atoms with Crippen LogP contribution in [0.1, 0.15) is 11.4 Å². The zero-order valence-corrected chi connectivity index (χ0v) is 22.3. The van der Waals surface area contributed by atoms with E-state index in [0.29, 0.717) is 23.1 Å². The Morgan fingerprint density at radius 3 is 2.17 bits per heavy atom. The Morgan fingerprint density at radius 2 is 1.50 bits per heavy atom. The molecule has 2 amide bonds. The summed E-state index contributed by atoms with van der Waals surface area (Å²) in [6.45, 7) is 1.60. The van der Waals surface area contributed by atoms with Crippen LogP contribution in [-0.2, 0) is 6.18 Å². The molecule has 3 aromatic carbocycles. The number of imidazole rings is 1. The van der Waals surface area contributed by atoms with Crippen molar-refractivity contribution in [2.24, 2.45) is 0 Å². The molecule has 0 aliphatic rings. The molecule has 5 aromatic rings. The number of aryl methyl sites for hydroxylation is 1. The number of nitrogens with one attached hydrogen (secondary N) is 3. The Bertz CT molecular complexity index is 1690. The van der Waals surface area contributed by atoms with E-state index in [4.69, 9.17) is 9.47 Å². The summed E-state index contributed by atoms with van der Waals surface area (Å²) in [7, 11) is 1.59. The van der Waals surface area contributed by atoms with Crippen molar-refractivity contribution in [3.05, 3.63) is 103 Å². The molecule has 0 atom stereocenters. The average molecular weight is 576 g/mol. The number of carbonyl (C=O) groups excluding carboxylic acids is 1. The summed E-state index contributed by atoms with van der Waals surface area (Å²) in [5.74, 6) is 2.37. The van der Waals surface area contributed by atoms with Crippen LogP contribution < -0.4 is 25.4 Å². The summed E-state index contributed by atoms with van der Waals surface area (Å²) in [6, 6.07) is 18.2. The minimum absolute atomic E-state index is 0.0240. The maximum atomic E-state index is 13.8. The number of benzene rings is 3. The number of amides is 2. The highest BCUT2D eigenvalue weighted by Crippen LogP contribution is 2.36. The van der Waals surface area contributed by atoms with Crippen molar-refractivity contribution in [1.82, 2.24) is 19.5 Å². The van der Waals surface area contributed by atoms with Crippen molar-refractivity contribution in [1.29, 1.82) is 0 Å². The van der Waals surface area contributed by atoms with Crippen LogP contribution in [0.25, 0.3) is 5.69 Å². The molecule has 0 unspecified atom stereocenters. The molecule has 0 aliphatic carbocycles. The number of aromatic nitrogens is 4. The second-order valence-electron chi connectivity index (χ2n) is 8.87. The molecule has 3 N–H and O–H groups in total. The first-order valence-corrected chi connectivity index (χ1v) is 12.5. The average Bonchev–Trinajstić information content (AvgIpc) is 3.40. The minimum atomic E-state index is -4.65. The summed E-state index contributed by atoms with van der Waals surface area (Å²) in [6.07, 6.45) is -0.436. The highest BCUT2D eigenvalue weighted by atomic mass is 19.4. The second-order valence-corrected chi connectivity index (χ2v) is 8.87. The third-order valence-corrected chi connectivity index (χ3v) is 5.98. The van der Waals surface area contributed by atoms with Crippen molar-refractivity contribution in [2.45, 2.75) is 13.1 Å². The molecule has 0 fully saturated rings. The molecular formula is C29H24F3N7O3. The van der Waals surface area contributed by atoms with Gasteiger partial charge in [0.05, 0.1) is 18.4 Å². The lowest BCUT2D eigenvalue weighted by Gasteiger charge is -2.16. The number of nitrogens with zero attached hydrogens (tertiary/aromatic N) is 4. The number of methoxy groups -OCH3 is 1. The van der Waals surface area contributed by atoms with Crippen LogP contribution in [-0.4, -0.2) is 32.7 Å². The standard InChI is InChI=1S/C29H24F3N7O3/c1-18-33-13-14-39(18)25-12-7-21(15-24(25)29(30,31)32)38-28(40)37-20-5-10-23(11-6-20)42-27-16-26(34-17-35-27)36-19-3-8-22(41-2)9-4-19/h3-17H,1-2H3,(H,34,35,36)(H2,37,38,40). The fourth-order valence-electron chi connectivity index (χ4n) is 3.99. The van der Waals surface area contributed by atoms with Gasteiger partial charge in [-0.15, -0.1) is 0 Å². The van der Waals surface area contributed by atoms with Gasteiger partial charge in [-0.3, -0.25) is 0 Å². The molecule has 0 radical (unpaired) electrons. The first kappa shape index (κ1) is 28.0. The fourth-order valence-corrected chi connectivity index (χ4v) is 3.99. The Hall–Kier alpha value is -5.59. The number of rotatable bonds is 8. The van der Waals surface area contributed by atoms with Gasteiger partial charge >= 0.3 is 12.2 Å². The van der Waals surface area contributed by atoms with Gasteiger partial charge in [0, 0.05) is 35.5 Å². The summed E-state index contributed by atoms with van der Waals surface area (Å²) < 4.78 is 53.6. The molecule has 0 saturated carbocycles. The van der Waals surface area contributed by atoms with Gasteiger partial charge in [-0.1, -0.05) is 0 Å². The highest BCUT2D eigenvalue weighted by Gasteiger charge is 2.34. The van der Waals surface area contributed by atoms with Gasteiger partial charge in [-0.2, -0.15) is 13.2 Å². The van der Waals surface area contributed by atoms with Crippen LogP contribution in [0.3, 0.4) is 0 Å². The first-order valence-electron chi connectivity index (χ1n) is 12.5. The topological polar surface area (TPSA) is 115 Å². The zero-order chi connectivity index (χ0) is 29.7. The molecule has 0 saturated heterocycles. The lowest BCUT2D eigenvalue weighted by molar-refractivity contribution is -0.137. The number of halogens is 3. The fraction of sp³-hybridized carbons (Fsp3) is 0.103. The Labute approximate surface area is 238 Å². The number of urea groups is 1. The summed E-state index contributed by atoms with van der Waals surface area (Å²) in [4.78, 5) is 24.8. The third kappa shape index (κ3) is 6.75. The molecule has 0 spiro atoms. The number of hydrogen-bond donors (Lipinski definition) is 3. The zero-order valence-electron chi connectivity index (χ0n) is 22.3.